The van der Waals surface area contributed by atoms with Gasteiger partial charge in [-0.25, -0.2) is 9.78 Å². The molecule has 2 aromatic heterocycles. The number of rotatable bonds is 5. The smallest absolute Gasteiger partial charge is 0.416 e. The van der Waals surface area contributed by atoms with E-state index in [1.807, 2.05) is 42.2 Å². The molecule has 0 saturated carbocycles. The Morgan fingerprint density at radius 3 is 2.31 bits per heavy atom. The van der Waals surface area contributed by atoms with Gasteiger partial charge < -0.3 is 4.42 Å². The Kier molecular flexibility index (Phi) is 5.64. The molecule has 0 atom stereocenters. The van der Waals surface area contributed by atoms with Gasteiger partial charge in [0.1, 0.15) is 6.26 Å². The van der Waals surface area contributed by atoms with Crippen molar-refractivity contribution in [3.8, 4) is 0 Å². The number of aromatic nitrogens is 2. The van der Waals surface area contributed by atoms with Gasteiger partial charge in [0.2, 0.25) is 0 Å². The fourth-order valence-corrected chi connectivity index (χ4v) is 4.04. The average Bonchev–Trinajstić information content (AvgIpc) is 3.51. The fraction of sp³-hybridized carbons (Fsp3) is 0.160. The van der Waals surface area contributed by atoms with E-state index < -0.39 is 17.8 Å². The summed E-state index contributed by atoms with van der Waals surface area (Å²) in [5.74, 6) is 0. The molecule has 35 heavy (non-hydrogen) atoms. The molecule has 0 unspecified atom stereocenters. The van der Waals surface area contributed by atoms with Crippen molar-refractivity contribution < 1.29 is 22.4 Å². The molecule has 0 aliphatic carbocycles. The maximum atomic E-state index is 13.2. The summed E-state index contributed by atoms with van der Waals surface area (Å²) >= 11 is 0. The van der Waals surface area contributed by atoms with E-state index in [1.165, 1.54) is 23.3 Å². The molecule has 0 bridgehead atoms. The Labute approximate surface area is 199 Å². The number of benzene rings is 2. The molecule has 2 aromatic carbocycles. The van der Waals surface area contributed by atoms with Crippen LogP contribution in [0.5, 0.6) is 0 Å². The number of amides is 2. The maximum Gasteiger partial charge on any atom is 0.416 e. The Balaban J connectivity index is 1.49. The molecule has 1 aliphatic heterocycles. The number of urea groups is 1. The van der Waals surface area contributed by atoms with E-state index in [9.17, 15) is 18.0 Å². The predicted molar refractivity (Wildman–Crippen MR) is 125 cm³/mol. The monoisotopic (exact) mass is 479 g/mol. The largest absolute Gasteiger partial charge is 0.432 e. The molecular formula is C25H20F3N5O2. The van der Waals surface area contributed by atoms with E-state index in [0.29, 0.717) is 18.2 Å². The number of anilines is 5. The lowest BCUT2D eigenvalue weighted by atomic mass is 10.1. The minimum absolute atomic E-state index is 0.206. The number of hydrogen-bond donors (Lipinski definition) is 0. The van der Waals surface area contributed by atoms with E-state index in [1.54, 1.807) is 23.5 Å². The fourth-order valence-electron chi connectivity index (χ4n) is 4.04. The highest BCUT2D eigenvalue weighted by Gasteiger charge is 2.34. The van der Waals surface area contributed by atoms with Gasteiger partial charge in [-0.1, -0.05) is 12.1 Å². The van der Waals surface area contributed by atoms with E-state index in [4.69, 9.17) is 4.42 Å². The number of pyridine rings is 1. The molecule has 0 N–H and O–H groups in total. The number of carbonyl (C=O) groups is 1. The highest BCUT2D eigenvalue weighted by Crippen LogP contribution is 2.38. The summed E-state index contributed by atoms with van der Waals surface area (Å²) in [4.78, 5) is 26.3. The summed E-state index contributed by atoms with van der Waals surface area (Å²) < 4.78 is 45.1. The molecule has 1 aliphatic rings. The number of aryl methyl sites for hydroxylation is 1. The average molecular weight is 479 g/mol. The van der Waals surface area contributed by atoms with Crippen LogP contribution >= 0.6 is 0 Å². The number of hydrogen-bond acceptors (Lipinski definition) is 5. The topological polar surface area (TPSA) is 65.7 Å². The van der Waals surface area contributed by atoms with Crippen LogP contribution in [0.25, 0.3) is 0 Å². The Morgan fingerprint density at radius 1 is 0.943 bits per heavy atom. The van der Waals surface area contributed by atoms with Gasteiger partial charge in [0.25, 0.3) is 0 Å². The van der Waals surface area contributed by atoms with Crippen LogP contribution in [0.2, 0.25) is 0 Å². The SMILES string of the molecule is Cc1ccc(N2CCN(c3cccc(C(F)(F)F)c3)C2=O)cc1N(c1ccncc1)c1ncco1. The van der Waals surface area contributed by atoms with Crippen LogP contribution in [0, 0.1) is 6.92 Å². The number of oxazole rings is 1. The van der Waals surface area contributed by atoms with Gasteiger partial charge in [0.15, 0.2) is 0 Å². The van der Waals surface area contributed by atoms with E-state index in [-0.39, 0.29) is 12.2 Å². The van der Waals surface area contributed by atoms with Crippen LogP contribution in [-0.4, -0.2) is 29.1 Å². The minimum atomic E-state index is -4.49. The lowest BCUT2D eigenvalue weighted by molar-refractivity contribution is -0.137. The van der Waals surface area contributed by atoms with E-state index in [0.717, 1.165) is 29.1 Å². The zero-order chi connectivity index (χ0) is 24.6. The summed E-state index contributed by atoms with van der Waals surface area (Å²) in [6.45, 7) is 2.51. The second-order valence-electron chi connectivity index (χ2n) is 7.96. The van der Waals surface area contributed by atoms with Crippen molar-refractivity contribution in [3.63, 3.8) is 0 Å². The normalized spacial score (nSPS) is 14.0. The first-order valence-corrected chi connectivity index (χ1v) is 10.8. The molecule has 4 aromatic rings. The van der Waals surface area contributed by atoms with Crippen LogP contribution < -0.4 is 14.7 Å². The number of nitrogens with zero attached hydrogens (tertiary/aromatic N) is 5. The molecule has 0 spiro atoms. The van der Waals surface area contributed by atoms with Gasteiger partial charge in [0, 0.05) is 36.9 Å². The number of carbonyl (C=O) groups excluding carboxylic acids is 1. The molecule has 2 amide bonds. The van der Waals surface area contributed by atoms with Gasteiger partial charge in [-0.05, 0) is 55.0 Å². The Bertz CT molecular complexity index is 1340. The Hall–Kier alpha value is -4.34. The third-order valence-corrected chi connectivity index (χ3v) is 5.77. The van der Waals surface area contributed by atoms with E-state index >= 15 is 0 Å². The summed E-state index contributed by atoms with van der Waals surface area (Å²) in [5.41, 5.74) is 2.43. The highest BCUT2D eigenvalue weighted by atomic mass is 19.4. The summed E-state index contributed by atoms with van der Waals surface area (Å²) in [6, 6.07) is 13.9. The second kappa shape index (κ2) is 8.79. The zero-order valence-electron chi connectivity index (χ0n) is 18.6. The highest BCUT2D eigenvalue weighted by molar-refractivity contribution is 6.06. The van der Waals surface area contributed by atoms with Gasteiger partial charge in [-0.3, -0.25) is 19.7 Å². The molecule has 1 fully saturated rings. The number of alkyl halides is 3. The van der Waals surface area contributed by atoms with Crippen LogP contribution in [0.3, 0.4) is 0 Å². The number of halogens is 3. The van der Waals surface area contributed by atoms with Crippen molar-refractivity contribution in [2.24, 2.45) is 0 Å². The minimum Gasteiger partial charge on any atom is -0.432 e. The van der Waals surface area contributed by atoms with Gasteiger partial charge >= 0.3 is 18.2 Å². The summed E-state index contributed by atoms with van der Waals surface area (Å²) in [5, 5.41) is 0. The predicted octanol–water partition coefficient (Wildman–Crippen LogP) is 6.31. The molecule has 7 nitrogen and oxygen atoms in total. The van der Waals surface area contributed by atoms with Gasteiger partial charge in [0.05, 0.1) is 23.1 Å². The van der Waals surface area contributed by atoms with Crippen molar-refractivity contribution in [1.29, 1.82) is 0 Å². The molecular weight excluding hydrogens is 459 g/mol. The van der Waals surface area contributed by atoms with E-state index in [2.05, 4.69) is 9.97 Å². The van der Waals surface area contributed by atoms with Crippen molar-refractivity contribution in [1.82, 2.24) is 9.97 Å². The first-order valence-electron chi connectivity index (χ1n) is 10.8. The molecule has 10 heteroatoms. The summed E-state index contributed by atoms with van der Waals surface area (Å²) in [7, 11) is 0. The first kappa shape index (κ1) is 22.5. The van der Waals surface area contributed by atoms with Gasteiger partial charge in [-0.2, -0.15) is 13.2 Å². The first-order chi connectivity index (χ1) is 16.8. The van der Waals surface area contributed by atoms with Crippen LogP contribution in [0.15, 0.2) is 83.9 Å². The lowest BCUT2D eigenvalue weighted by Crippen LogP contribution is -2.32. The molecule has 3 heterocycles. The van der Waals surface area contributed by atoms with Crippen LogP contribution in [-0.2, 0) is 6.18 Å². The molecule has 178 valence electrons. The summed E-state index contributed by atoms with van der Waals surface area (Å²) in [6.07, 6.45) is 1.84. The quantitative estimate of drug-likeness (QED) is 0.336. The molecule has 1 saturated heterocycles. The third kappa shape index (κ3) is 4.30. The second-order valence-corrected chi connectivity index (χ2v) is 7.96. The van der Waals surface area contributed by atoms with Crippen molar-refractivity contribution in [3.05, 3.63) is 90.6 Å². The molecule has 5 rings (SSSR count). The maximum absolute atomic E-state index is 13.2. The lowest BCUT2D eigenvalue weighted by Gasteiger charge is -2.25. The standard InChI is InChI=1S/C25H20F3N5O2/c1-17-5-6-21(16-22(17)33(23-30-11-14-35-23)19-7-9-29-10-8-19)32-13-12-31(24(32)34)20-4-2-3-18(15-20)25(26,27)28/h2-11,14-16H,12-13H2,1H3. The van der Waals surface area contributed by atoms with Crippen molar-refractivity contribution in [2.75, 3.05) is 27.8 Å². The van der Waals surface area contributed by atoms with Crippen LogP contribution in [0.1, 0.15) is 11.1 Å². The van der Waals surface area contributed by atoms with Crippen molar-refractivity contribution in [2.45, 2.75) is 13.1 Å². The third-order valence-electron chi connectivity index (χ3n) is 5.77. The zero-order valence-corrected chi connectivity index (χ0v) is 18.6. The van der Waals surface area contributed by atoms with Crippen molar-refractivity contribution >= 4 is 34.8 Å². The Morgan fingerprint density at radius 2 is 1.66 bits per heavy atom. The molecule has 0 radical (unpaired) electrons. The van der Waals surface area contributed by atoms with Gasteiger partial charge in [-0.15, -0.1) is 0 Å². The van der Waals surface area contributed by atoms with Crippen LogP contribution in [0.4, 0.5) is 46.7 Å².